The standard InChI is InChI=1S/C20H14N4O2/c25-19(14-6-4-10-21-12-14)22-15-7-3-5-13(11-15)18-23-17-9-2-1-8-16(17)20(26)24-18/h1-12H,(H,22,25)(H,23,24,26). The van der Waals surface area contributed by atoms with Gasteiger partial charge in [0.15, 0.2) is 0 Å². The Bertz CT molecular complexity index is 1150. The number of carbonyl (C=O) groups is 1. The number of nitrogens with one attached hydrogen (secondary N) is 2. The topological polar surface area (TPSA) is 87.7 Å². The molecule has 26 heavy (non-hydrogen) atoms. The van der Waals surface area contributed by atoms with Gasteiger partial charge in [0.2, 0.25) is 0 Å². The molecule has 2 aromatic heterocycles. The van der Waals surface area contributed by atoms with Gasteiger partial charge in [-0.1, -0.05) is 24.3 Å². The first-order valence-corrected chi connectivity index (χ1v) is 8.01. The van der Waals surface area contributed by atoms with Crippen LogP contribution in [0.25, 0.3) is 22.3 Å². The third kappa shape index (κ3) is 3.08. The van der Waals surface area contributed by atoms with Gasteiger partial charge in [-0.15, -0.1) is 0 Å². The fourth-order valence-electron chi connectivity index (χ4n) is 2.67. The highest BCUT2D eigenvalue weighted by atomic mass is 16.1. The maximum atomic E-state index is 12.3. The number of benzene rings is 2. The molecule has 4 aromatic rings. The molecular weight excluding hydrogens is 328 g/mol. The van der Waals surface area contributed by atoms with E-state index in [1.165, 1.54) is 6.20 Å². The fourth-order valence-corrected chi connectivity index (χ4v) is 2.67. The molecule has 2 N–H and O–H groups in total. The number of rotatable bonds is 3. The quantitative estimate of drug-likeness (QED) is 0.598. The van der Waals surface area contributed by atoms with Gasteiger partial charge >= 0.3 is 0 Å². The summed E-state index contributed by atoms with van der Waals surface area (Å²) in [6.45, 7) is 0. The van der Waals surface area contributed by atoms with Gasteiger partial charge < -0.3 is 10.3 Å². The smallest absolute Gasteiger partial charge is 0.259 e. The van der Waals surface area contributed by atoms with E-state index in [2.05, 4.69) is 20.3 Å². The largest absolute Gasteiger partial charge is 0.322 e. The summed E-state index contributed by atoms with van der Waals surface area (Å²) in [5, 5.41) is 3.36. The van der Waals surface area contributed by atoms with E-state index in [9.17, 15) is 9.59 Å². The predicted octanol–water partition coefficient (Wildman–Crippen LogP) is 3.24. The molecule has 0 atom stereocenters. The third-order valence-corrected chi connectivity index (χ3v) is 3.93. The van der Waals surface area contributed by atoms with Crippen molar-refractivity contribution in [1.29, 1.82) is 0 Å². The summed E-state index contributed by atoms with van der Waals surface area (Å²) < 4.78 is 0. The number of amides is 1. The Morgan fingerprint density at radius 2 is 1.88 bits per heavy atom. The van der Waals surface area contributed by atoms with Crippen LogP contribution in [0, 0.1) is 0 Å². The first-order valence-electron chi connectivity index (χ1n) is 8.01. The second-order valence-corrected chi connectivity index (χ2v) is 5.71. The summed E-state index contributed by atoms with van der Waals surface area (Å²) in [5.41, 5.74) is 2.20. The van der Waals surface area contributed by atoms with Crippen LogP contribution in [0.1, 0.15) is 10.4 Å². The first-order chi connectivity index (χ1) is 12.7. The summed E-state index contributed by atoms with van der Waals surface area (Å²) in [4.78, 5) is 35.8. The Labute approximate surface area is 148 Å². The molecule has 0 bridgehead atoms. The average Bonchev–Trinajstić information content (AvgIpc) is 2.69. The van der Waals surface area contributed by atoms with Crippen LogP contribution in [-0.4, -0.2) is 20.9 Å². The molecule has 0 aliphatic carbocycles. The van der Waals surface area contributed by atoms with Gasteiger partial charge in [-0.2, -0.15) is 0 Å². The summed E-state index contributed by atoms with van der Waals surface area (Å²) in [6.07, 6.45) is 3.11. The number of H-pyrrole nitrogens is 1. The molecule has 126 valence electrons. The van der Waals surface area contributed by atoms with Crippen molar-refractivity contribution in [3.63, 3.8) is 0 Å². The van der Waals surface area contributed by atoms with Crippen molar-refractivity contribution in [2.45, 2.75) is 0 Å². The van der Waals surface area contributed by atoms with Crippen molar-refractivity contribution in [3.8, 4) is 11.4 Å². The number of para-hydroxylation sites is 1. The molecule has 2 heterocycles. The fraction of sp³-hybridized carbons (Fsp3) is 0. The molecular formula is C20H14N4O2. The number of anilines is 1. The number of hydrogen-bond donors (Lipinski definition) is 2. The highest BCUT2D eigenvalue weighted by Gasteiger charge is 2.09. The molecule has 0 aliphatic rings. The number of aromatic amines is 1. The zero-order chi connectivity index (χ0) is 17.9. The maximum Gasteiger partial charge on any atom is 0.259 e. The Hall–Kier alpha value is -3.80. The molecule has 0 spiro atoms. The third-order valence-electron chi connectivity index (χ3n) is 3.93. The van der Waals surface area contributed by atoms with Gasteiger partial charge in [0.05, 0.1) is 16.5 Å². The van der Waals surface area contributed by atoms with E-state index in [4.69, 9.17) is 0 Å². The second kappa shape index (κ2) is 6.60. The monoisotopic (exact) mass is 342 g/mol. The summed E-state index contributed by atoms with van der Waals surface area (Å²) in [5.74, 6) is 0.196. The zero-order valence-electron chi connectivity index (χ0n) is 13.6. The molecule has 1 amide bonds. The van der Waals surface area contributed by atoms with Crippen LogP contribution >= 0.6 is 0 Å². The molecule has 0 fully saturated rings. The van der Waals surface area contributed by atoms with Crippen molar-refractivity contribution in [3.05, 3.63) is 89.0 Å². The highest BCUT2D eigenvalue weighted by Crippen LogP contribution is 2.20. The van der Waals surface area contributed by atoms with Gasteiger partial charge in [-0.25, -0.2) is 4.98 Å². The number of pyridine rings is 1. The van der Waals surface area contributed by atoms with Crippen molar-refractivity contribution in [1.82, 2.24) is 15.0 Å². The number of hydrogen-bond acceptors (Lipinski definition) is 4. The van der Waals surface area contributed by atoms with Crippen LogP contribution in [0.5, 0.6) is 0 Å². The summed E-state index contributed by atoms with van der Waals surface area (Å²) in [7, 11) is 0. The molecule has 2 aromatic carbocycles. The minimum atomic E-state index is -0.254. The van der Waals surface area contributed by atoms with Crippen molar-refractivity contribution in [2.24, 2.45) is 0 Å². The number of fused-ring (bicyclic) bond motifs is 1. The van der Waals surface area contributed by atoms with E-state index in [1.807, 2.05) is 12.1 Å². The van der Waals surface area contributed by atoms with Crippen LogP contribution in [-0.2, 0) is 0 Å². The summed E-state index contributed by atoms with van der Waals surface area (Å²) >= 11 is 0. The Morgan fingerprint density at radius 1 is 1.00 bits per heavy atom. The van der Waals surface area contributed by atoms with Crippen LogP contribution in [0.3, 0.4) is 0 Å². The lowest BCUT2D eigenvalue weighted by Crippen LogP contribution is -2.12. The summed E-state index contributed by atoms with van der Waals surface area (Å²) in [6, 6.07) is 17.7. The molecule has 0 saturated carbocycles. The maximum absolute atomic E-state index is 12.3. The van der Waals surface area contributed by atoms with Gasteiger partial charge in [0, 0.05) is 23.6 Å². The van der Waals surface area contributed by atoms with Crippen LogP contribution < -0.4 is 10.9 Å². The van der Waals surface area contributed by atoms with E-state index >= 15 is 0 Å². The normalized spacial score (nSPS) is 10.6. The van der Waals surface area contributed by atoms with Gasteiger partial charge in [0.25, 0.3) is 11.5 Å². The van der Waals surface area contributed by atoms with E-state index in [0.717, 1.165) is 0 Å². The SMILES string of the molecule is O=C(Nc1cccc(-c2nc3ccccc3c(=O)[nH]2)c1)c1cccnc1. The molecule has 0 aliphatic heterocycles. The number of nitrogens with zero attached hydrogens (tertiary/aromatic N) is 2. The molecule has 6 nitrogen and oxygen atoms in total. The van der Waals surface area contributed by atoms with Gasteiger partial charge in [0.1, 0.15) is 5.82 Å². The van der Waals surface area contributed by atoms with Gasteiger partial charge in [-0.05, 0) is 36.4 Å². The zero-order valence-corrected chi connectivity index (χ0v) is 13.6. The minimum Gasteiger partial charge on any atom is -0.322 e. The Balaban J connectivity index is 1.68. The van der Waals surface area contributed by atoms with Crippen molar-refractivity contribution in [2.75, 3.05) is 5.32 Å². The number of carbonyl (C=O) groups excluding carboxylic acids is 1. The molecule has 0 radical (unpaired) electrons. The molecule has 6 heteroatoms. The number of aromatic nitrogens is 3. The molecule has 4 rings (SSSR count). The lowest BCUT2D eigenvalue weighted by atomic mass is 10.1. The van der Waals surface area contributed by atoms with Crippen molar-refractivity contribution < 1.29 is 4.79 Å². The minimum absolute atomic E-state index is 0.199. The van der Waals surface area contributed by atoms with Crippen molar-refractivity contribution >= 4 is 22.5 Å². The lowest BCUT2D eigenvalue weighted by molar-refractivity contribution is 0.102. The molecule has 0 unspecified atom stereocenters. The van der Waals surface area contributed by atoms with E-state index < -0.39 is 0 Å². The van der Waals surface area contributed by atoms with Crippen LogP contribution in [0.4, 0.5) is 5.69 Å². The van der Waals surface area contributed by atoms with Gasteiger partial charge in [-0.3, -0.25) is 14.6 Å². The van der Waals surface area contributed by atoms with Crippen LogP contribution in [0.15, 0.2) is 77.9 Å². The van der Waals surface area contributed by atoms with E-state index in [-0.39, 0.29) is 11.5 Å². The first kappa shape index (κ1) is 15.7. The Morgan fingerprint density at radius 3 is 2.73 bits per heavy atom. The molecule has 0 saturated heterocycles. The van der Waals surface area contributed by atoms with E-state index in [1.54, 1.807) is 54.7 Å². The second-order valence-electron chi connectivity index (χ2n) is 5.71. The van der Waals surface area contributed by atoms with Crippen LogP contribution in [0.2, 0.25) is 0 Å². The highest BCUT2D eigenvalue weighted by molar-refractivity contribution is 6.04. The predicted molar refractivity (Wildman–Crippen MR) is 100.0 cm³/mol. The average molecular weight is 342 g/mol. The Kier molecular flexibility index (Phi) is 3.99. The van der Waals surface area contributed by atoms with E-state index in [0.29, 0.717) is 33.5 Å². The lowest BCUT2D eigenvalue weighted by Gasteiger charge is -2.08.